The van der Waals surface area contributed by atoms with Crippen molar-refractivity contribution < 1.29 is 37.7 Å². The number of aliphatic carboxylic acids is 1. The molecule has 0 radical (unpaired) electrons. The summed E-state index contributed by atoms with van der Waals surface area (Å²) >= 11 is 0. The van der Waals surface area contributed by atoms with E-state index in [-0.39, 0.29) is 30.0 Å². The van der Waals surface area contributed by atoms with Gasteiger partial charge in [0.15, 0.2) is 0 Å². The minimum atomic E-state index is -4.62. The molecule has 0 saturated heterocycles. The lowest BCUT2D eigenvalue weighted by Crippen LogP contribution is -2.37. The summed E-state index contributed by atoms with van der Waals surface area (Å²) in [4.78, 5) is 39.3. The Morgan fingerprint density at radius 1 is 1.37 bits per heavy atom. The number of pyridine rings is 2. The third kappa shape index (κ3) is 3.99. The van der Waals surface area contributed by atoms with Crippen LogP contribution in [0, 0.1) is 0 Å². The number of aromatic hydroxyl groups is 1. The first-order valence-electron chi connectivity index (χ1n) is 8.63. The molecular weight excluding hydrogens is 411 g/mol. The highest BCUT2D eigenvalue weighted by atomic mass is 19.4. The van der Waals surface area contributed by atoms with Gasteiger partial charge >= 0.3 is 12.1 Å². The summed E-state index contributed by atoms with van der Waals surface area (Å²) in [5.74, 6) is -3.07. The normalized spacial score (nSPS) is 15.7. The number of fused-ring (bicyclic) bond motifs is 1. The van der Waals surface area contributed by atoms with Crippen molar-refractivity contribution in [1.82, 2.24) is 14.9 Å². The molecular formula is C18H16F3N3O6. The van der Waals surface area contributed by atoms with Gasteiger partial charge in [0.2, 0.25) is 0 Å². The summed E-state index contributed by atoms with van der Waals surface area (Å²) in [5.41, 5.74) is -2.02. The Labute approximate surface area is 166 Å². The molecule has 12 heteroatoms. The molecule has 1 amide bonds. The van der Waals surface area contributed by atoms with Crippen LogP contribution in [0.2, 0.25) is 0 Å². The van der Waals surface area contributed by atoms with Crippen LogP contribution in [0.5, 0.6) is 5.75 Å². The number of carbonyl (C=O) groups is 2. The van der Waals surface area contributed by atoms with Crippen LogP contribution in [0.25, 0.3) is 0 Å². The predicted octanol–water partition coefficient (Wildman–Crippen LogP) is 1.42. The lowest BCUT2D eigenvalue weighted by molar-refractivity contribution is -0.141. The van der Waals surface area contributed by atoms with Crippen LogP contribution in [-0.2, 0) is 28.9 Å². The molecule has 2 aromatic rings. The lowest BCUT2D eigenvalue weighted by Gasteiger charge is -2.16. The van der Waals surface area contributed by atoms with Crippen molar-refractivity contribution in [2.24, 2.45) is 0 Å². The Hall–Kier alpha value is -3.41. The number of amides is 1. The van der Waals surface area contributed by atoms with E-state index in [0.29, 0.717) is 0 Å². The molecule has 1 unspecified atom stereocenters. The van der Waals surface area contributed by atoms with E-state index in [1.165, 1.54) is 0 Å². The molecule has 0 saturated carbocycles. The van der Waals surface area contributed by atoms with Crippen LogP contribution < -0.4 is 10.9 Å². The maximum Gasteiger partial charge on any atom is 0.433 e. The molecule has 3 rings (SSSR count). The molecule has 1 aliphatic rings. The average molecular weight is 427 g/mol. The van der Waals surface area contributed by atoms with Gasteiger partial charge in [0.1, 0.15) is 23.6 Å². The summed E-state index contributed by atoms with van der Waals surface area (Å²) < 4.78 is 44.6. The van der Waals surface area contributed by atoms with E-state index in [1.807, 2.05) is 5.32 Å². The first kappa shape index (κ1) is 21.3. The maximum absolute atomic E-state index is 12.9. The summed E-state index contributed by atoms with van der Waals surface area (Å²) in [7, 11) is 0. The summed E-state index contributed by atoms with van der Waals surface area (Å²) in [6.07, 6.45) is -4.32. The number of alkyl halides is 3. The summed E-state index contributed by atoms with van der Waals surface area (Å²) in [6.45, 7) is 0.509. The fraction of sp³-hybridized carbons (Fsp3) is 0.333. The van der Waals surface area contributed by atoms with Crippen molar-refractivity contribution in [2.75, 3.05) is 6.54 Å². The highest BCUT2D eigenvalue weighted by molar-refractivity contribution is 5.98. The number of carboxylic acid groups (broad SMARTS) is 1. The maximum atomic E-state index is 12.9. The Morgan fingerprint density at radius 2 is 2.07 bits per heavy atom. The van der Waals surface area contributed by atoms with Crippen LogP contribution in [0.1, 0.15) is 45.9 Å². The molecule has 0 bridgehead atoms. The number of hydrogen-bond donors (Lipinski definition) is 3. The van der Waals surface area contributed by atoms with Crippen molar-refractivity contribution in [3.8, 4) is 5.75 Å². The zero-order valence-electron chi connectivity index (χ0n) is 15.5. The number of rotatable bonds is 5. The largest absolute Gasteiger partial charge is 0.506 e. The molecule has 9 nitrogen and oxygen atoms in total. The molecule has 3 heterocycles. The first-order valence-corrected chi connectivity index (χ1v) is 8.63. The predicted molar refractivity (Wildman–Crippen MR) is 93.9 cm³/mol. The third-order valence-corrected chi connectivity index (χ3v) is 4.55. The van der Waals surface area contributed by atoms with Crippen LogP contribution in [0.3, 0.4) is 0 Å². The fourth-order valence-corrected chi connectivity index (χ4v) is 3.13. The van der Waals surface area contributed by atoms with Crippen LogP contribution >= 0.6 is 0 Å². The number of carbonyl (C=O) groups excluding carboxylic acids is 1. The van der Waals surface area contributed by atoms with Gasteiger partial charge in [-0.05, 0) is 18.6 Å². The van der Waals surface area contributed by atoms with Gasteiger partial charge in [-0.15, -0.1) is 0 Å². The van der Waals surface area contributed by atoms with Crippen molar-refractivity contribution >= 4 is 11.9 Å². The van der Waals surface area contributed by atoms with Crippen LogP contribution in [0.4, 0.5) is 13.2 Å². The van der Waals surface area contributed by atoms with Crippen molar-refractivity contribution in [1.29, 1.82) is 0 Å². The van der Waals surface area contributed by atoms with Gasteiger partial charge in [-0.2, -0.15) is 13.2 Å². The topological polar surface area (TPSA) is 131 Å². The monoisotopic (exact) mass is 427 g/mol. The summed E-state index contributed by atoms with van der Waals surface area (Å²) in [6, 6.07) is 1.91. The highest BCUT2D eigenvalue weighted by Crippen LogP contribution is 2.37. The summed E-state index contributed by atoms with van der Waals surface area (Å²) in [5, 5.41) is 21.2. The van der Waals surface area contributed by atoms with Crippen LogP contribution in [-0.4, -0.2) is 38.2 Å². The van der Waals surface area contributed by atoms with E-state index < -0.39 is 53.3 Å². The Balaban J connectivity index is 2.06. The SMILES string of the molecule is CC1OCc2c1c(O)c(C(=O)NCC(=O)O)c(=O)n2Cc1ccc(C(F)(F)F)nc1. The van der Waals surface area contributed by atoms with Gasteiger partial charge in [0.25, 0.3) is 11.5 Å². The second-order valence-electron chi connectivity index (χ2n) is 6.55. The third-order valence-electron chi connectivity index (χ3n) is 4.55. The van der Waals surface area contributed by atoms with Crippen molar-refractivity contribution in [3.63, 3.8) is 0 Å². The minimum Gasteiger partial charge on any atom is -0.506 e. The van der Waals surface area contributed by atoms with E-state index in [0.717, 1.165) is 22.9 Å². The smallest absolute Gasteiger partial charge is 0.433 e. The van der Waals surface area contributed by atoms with Gasteiger partial charge in [-0.3, -0.25) is 19.4 Å². The number of nitrogens with zero attached hydrogens (tertiary/aromatic N) is 2. The van der Waals surface area contributed by atoms with E-state index in [4.69, 9.17) is 9.84 Å². The van der Waals surface area contributed by atoms with E-state index in [1.54, 1.807) is 6.92 Å². The van der Waals surface area contributed by atoms with E-state index in [9.17, 15) is 32.7 Å². The first-order chi connectivity index (χ1) is 14.0. The van der Waals surface area contributed by atoms with E-state index in [2.05, 4.69) is 4.98 Å². The quantitative estimate of drug-likeness (QED) is 0.658. The molecule has 160 valence electrons. The van der Waals surface area contributed by atoms with Gasteiger partial charge in [0.05, 0.1) is 24.9 Å². The molecule has 1 atom stereocenters. The highest BCUT2D eigenvalue weighted by Gasteiger charge is 2.34. The molecule has 0 aliphatic carbocycles. The number of aromatic nitrogens is 2. The Bertz CT molecular complexity index is 1060. The van der Waals surface area contributed by atoms with Crippen molar-refractivity contribution in [2.45, 2.75) is 32.4 Å². The van der Waals surface area contributed by atoms with Gasteiger partial charge in [-0.1, -0.05) is 6.07 Å². The molecule has 2 aromatic heterocycles. The Kier molecular flexibility index (Phi) is 5.53. The molecule has 3 N–H and O–H groups in total. The van der Waals surface area contributed by atoms with Crippen LogP contribution in [0.15, 0.2) is 23.1 Å². The molecule has 1 aliphatic heterocycles. The molecule has 30 heavy (non-hydrogen) atoms. The molecule has 0 fully saturated rings. The fourth-order valence-electron chi connectivity index (χ4n) is 3.13. The second-order valence-corrected chi connectivity index (χ2v) is 6.55. The lowest BCUT2D eigenvalue weighted by atomic mass is 10.0. The minimum absolute atomic E-state index is 0.0651. The number of nitrogens with one attached hydrogen (secondary N) is 1. The average Bonchev–Trinajstić information content (AvgIpc) is 3.05. The van der Waals surface area contributed by atoms with Gasteiger partial charge in [0, 0.05) is 11.8 Å². The Morgan fingerprint density at radius 3 is 2.63 bits per heavy atom. The number of halogens is 3. The van der Waals surface area contributed by atoms with Gasteiger partial charge < -0.3 is 24.8 Å². The number of hydrogen-bond acceptors (Lipinski definition) is 6. The number of ether oxygens (including phenoxy) is 1. The van der Waals surface area contributed by atoms with E-state index >= 15 is 0 Å². The van der Waals surface area contributed by atoms with Crippen molar-refractivity contribution in [3.05, 3.63) is 56.8 Å². The van der Waals surface area contributed by atoms with Gasteiger partial charge in [-0.25, -0.2) is 0 Å². The molecule has 0 spiro atoms. The zero-order chi connectivity index (χ0) is 22.2. The number of carboxylic acids is 1. The second kappa shape index (κ2) is 7.78. The standard InChI is InChI=1S/C18H16F3N3O6/c1-8-13-10(7-30-8)24(6-9-2-3-11(22-4-9)18(19,20)21)17(29)14(15(13)27)16(28)23-5-12(25)26/h2-4,8,27H,5-7H2,1H3,(H,23,28)(H,25,26). The molecule has 0 aromatic carbocycles. The zero-order valence-corrected chi connectivity index (χ0v) is 15.5.